The van der Waals surface area contributed by atoms with Crippen molar-refractivity contribution in [2.75, 3.05) is 17.2 Å². The molecule has 1 fully saturated rings. The summed E-state index contributed by atoms with van der Waals surface area (Å²) in [6.45, 7) is 1.92. The van der Waals surface area contributed by atoms with Gasteiger partial charge in [-0.3, -0.25) is 14.5 Å². The van der Waals surface area contributed by atoms with Gasteiger partial charge in [-0.25, -0.2) is 4.98 Å². The minimum atomic E-state index is -0.123. The minimum Gasteiger partial charge on any atom is -0.314 e. The number of H-pyrrole nitrogens is 1. The third-order valence-electron chi connectivity index (χ3n) is 2.89. The number of rotatable bonds is 3. The quantitative estimate of drug-likeness (QED) is 0.879. The van der Waals surface area contributed by atoms with Crippen LogP contribution in [0.25, 0.3) is 0 Å². The van der Waals surface area contributed by atoms with Crippen LogP contribution < -0.4 is 4.90 Å². The monoisotopic (exact) mass is 289 g/mol. The van der Waals surface area contributed by atoms with Crippen LogP contribution in [0.15, 0.2) is 0 Å². The highest BCUT2D eigenvalue weighted by atomic mass is 32.2. The summed E-state index contributed by atoms with van der Waals surface area (Å²) in [7, 11) is 0. The van der Waals surface area contributed by atoms with Gasteiger partial charge in [0.15, 0.2) is 16.5 Å². The van der Waals surface area contributed by atoms with Gasteiger partial charge in [0.1, 0.15) is 12.1 Å². The molecular weight excluding hydrogens is 278 g/mol. The van der Waals surface area contributed by atoms with Crippen molar-refractivity contribution in [3.63, 3.8) is 0 Å². The first kappa shape index (κ1) is 14.1. The van der Waals surface area contributed by atoms with Crippen LogP contribution in [0.1, 0.15) is 24.7 Å². The molecule has 102 valence electrons. The van der Waals surface area contributed by atoms with Gasteiger partial charge in [0, 0.05) is 25.6 Å². The van der Waals surface area contributed by atoms with Crippen molar-refractivity contribution in [3.8, 4) is 12.1 Å². The molecule has 1 aromatic heterocycles. The van der Waals surface area contributed by atoms with Gasteiger partial charge < -0.3 is 4.98 Å². The lowest BCUT2D eigenvalue weighted by atomic mass is 10.1. The van der Waals surface area contributed by atoms with E-state index in [1.807, 2.05) is 6.07 Å². The van der Waals surface area contributed by atoms with Gasteiger partial charge in [0.05, 0.1) is 0 Å². The largest absolute Gasteiger partial charge is 0.314 e. The molecule has 0 saturated carbocycles. The number of hydrogen-bond acceptors (Lipinski definition) is 6. The summed E-state index contributed by atoms with van der Waals surface area (Å²) in [5.74, 6) is 0.743. The Hall–Kier alpha value is -2.32. The molecule has 1 aliphatic heterocycles. The van der Waals surface area contributed by atoms with Crippen LogP contribution in [-0.4, -0.2) is 33.3 Å². The van der Waals surface area contributed by atoms with Gasteiger partial charge in [-0.1, -0.05) is 11.8 Å². The minimum absolute atomic E-state index is 0.0168. The highest BCUT2D eigenvalue weighted by Gasteiger charge is 2.33. The average Bonchev–Trinajstić information content (AvgIpc) is 2.99. The van der Waals surface area contributed by atoms with Crippen molar-refractivity contribution in [2.45, 2.75) is 13.3 Å². The summed E-state index contributed by atoms with van der Waals surface area (Å²) in [6.07, 6.45) is 0.338. The highest BCUT2D eigenvalue weighted by molar-refractivity contribution is 8.13. The number of imidazole rings is 1. The number of nitrogens with one attached hydrogen (secondary N) is 1. The Bertz CT molecular complexity index is 608. The SMILES string of the molecule is CC(=O)SCC1CC(=O)N(c2nc(C#N)c(C#N)[nH]2)C1. The Labute approximate surface area is 119 Å². The molecular formula is C12H11N5O2S. The molecule has 7 nitrogen and oxygen atoms in total. The molecule has 1 unspecified atom stereocenters. The van der Waals surface area contributed by atoms with Crippen LogP contribution in [-0.2, 0) is 9.59 Å². The second-order valence-electron chi connectivity index (χ2n) is 4.38. The summed E-state index contributed by atoms with van der Waals surface area (Å²) in [5.41, 5.74) is 0.0359. The number of aromatic amines is 1. The molecule has 0 radical (unpaired) electrons. The van der Waals surface area contributed by atoms with Crippen molar-refractivity contribution in [1.29, 1.82) is 10.5 Å². The van der Waals surface area contributed by atoms with Crippen LogP contribution in [0.4, 0.5) is 5.95 Å². The molecule has 2 heterocycles. The average molecular weight is 289 g/mol. The number of nitriles is 2. The van der Waals surface area contributed by atoms with E-state index in [9.17, 15) is 9.59 Å². The first-order chi connectivity index (χ1) is 9.55. The van der Waals surface area contributed by atoms with Gasteiger partial charge in [-0.15, -0.1) is 0 Å². The van der Waals surface area contributed by atoms with Crippen LogP contribution in [0, 0.1) is 28.6 Å². The maximum atomic E-state index is 11.9. The molecule has 1 amide bonds. The maximum absolute atomic E-state index is 11.9. The van der Waals surface area contributed by atoms with E-state index in [1.54, 1.807) is 6.07 Å². The first-order valence-electron chi connectivity index (χ1n) is 5.89. The number of anilines is 1. The molecule has 1 aromatic rings. The maximum Gasteiger partial charge on any atom is 0.229 e. The molecule has 1 atom stereocenters. The Balaban J connectivity index is 2.12. The molecule has 1 saturated heterocycles. The fourth-order valence-corrected chi connectivity index (χ4v) is 2.68. The third kappa shape index (κ3) is 2.81. The van der Waals surface area contributed by atoms with Gasteiger partial charge >= 0.3 is 0 Å². The molecule has 8 heteroatoms. The van der Waals surface area contributed by atoms with Crippen LogP contribution >= 0.6 is 11.8 Å². The topological polar surface area (TPSA) is 114 Å². The third-order valence-corrected chi connectivity index (χ3v) is 3.94. The van der Waals surface area contributed by atoms with E-state index in [2.05, 4.69) is 9.97 Å². The Morgan fingerprint density at radius 2 is 2.30 bits per heavy atom. The van der Waals surface area contributed by atoms with Crippen molar-refractivity contribution >= 4 is 28.7 Å². The van der Waals surface area contributed by atoms with Crippen molar-refractivity contribution in [3.05, 3.63) is 11.4 Å². The number of aromatic nitrogens is 2. The zero-order valence-electron chi connectivity index (χ0n) is 10.7. The number of thioether (sulfide) groups is 1. The molecule has 0 bridgehead atoms. The zero-order valence-corrected chi connectivity index (χ0v) is 11.5. The molecule has 0 spiro atoms. The van der Waals surface area contributed by atoms with Crippen molar-refractivity contribution < 1.29 is 9.59 Å². The van der Waals surface area contributed by atoms with Gasteiger partial charge in [0.25, 0.3) is 0 Å². The van der Waals surface area contributed by atoms with Crippen molar-refractivity contribution in [2.24, 2.45) is 5.92 Å². The molecule has 0 aliphatic carbocycles. The Kier molecular flexibility index (Phi) is 4.06. The van der Waals surface area contributed by atoms with E-state index in [-0.39, 0.29) is 34.3 Å². The van der Waals surface area contributed by atoms with Crippen molar-refractivity contribution in [1.82, 2.24) is 9.97 Å². The summed E-state index contributed by atoms with van der Waals surface area (Å²) >= 11 is 1.19. The summed E-state index contributed by atoms with van der Waals surface area (Å²) in [5, 5.41) is 17.7. The van der Waals surface area contributed by atoms with E-state index in [0.717, 1.165) is 0 Å². The molecule has 1 N–H and O–H groups in total. The normalized spacial score (nSPS) is 17.9. The standard InChI is InChI=1S/C12H11N5O2S/c1-7(18)20-6-8-2-11(19)17(5-8)12-15-9(3-13)10(4-14)16-12/h8H,2,5-6H2,1H3,(H,15,16). The highest BCUT2D eigenvalue weighted by Crippen LogP contribution is 2.26. The van der Waals surface area contributed by atoms with E-state index in [1.165, 1.54) is 23.6 Å². The van der Waals surface area contributed by atoms with E-state index in [0.29, 0.717) is 18.7 Å². The van der Waals surface area contributed by atoms with Gasteiger partial charge in [-0.2, -0.15) is 10.5 Å². The van der Waals surface area contributed by atoms with E-state index in [4.69, 9.17) is 10.5 Å². The molecule has 0 aromatic carbocycles. The Morgan fingerprint density at radius 1 is 1.55 bits per heavy atom. The smallest absolute Gasteiger partial charge is 0.229 e. The lowest BCUT2D eigenvalue weighted by Crippen LogP contribution is -2.26. The molecule has 2 rings (SSSR count). The number of carbonyl (C=O) groups excluding carboxylic acids is 2. The molecule has 1 aliphatic rings. The second-order valence-corrected chi connectivity index (χ2v) is 5.58. The number of carbonyl (C=O) groups is 2. The van der Waals surface area contributed by atoms with E-state index >= 15 is 0 Å². The first-order valence-corrected chi connectivity index (χ1v) is 6.87. The van der Waals surface area contributed by atoms with Crippen LogP contribution in [0.2, 0.25) is 0 Å². The predicted octanol–water partition coefficient (Wildman–Crippen LogP) is 0.786. The van der Waals surface area contributed by atoms with Crippen LogP contribution in [0.3, 0.4) is 0 Å². The number of amides is 1. The summed E-state index contributed by atoms with van der Waals surface area (Å²) < 4.78 is 0. The fraction of sp³-hybridized carbons (Fsp3) is 0.417. The second kappa shape index (κ2) is 5.76. The lowest BCUT2D eigenvalue weighted by molar-refractivity contribution is -0.117. The fourth-order valence-electron chi connectivity index (χ4n) is 1.98. The summed E-state index contributed by atoms with van der Waals surface area (Å²) in [4.78, 5) is 30.9. The Morgan fingerprint density at radius 3 is 2.85 bits per heavy atom. The predicted molar refractivity (Wildman–Crippen MR) is 71.6 cm³/mol. The van der Waals surface area contributed by atoms with Gasteiger partial charge in [0.2, 0.25) is 11.9 Å². The van der Waals surface area contributed by atoms with Gasteiger partial charge in [-0.05, 0) is 5.92 Å². The number of nitrogens with zero attached hydrogens (tertiary/aromatic N) is 4. The summed E-state index contributed by atoms with van der Waals surface area (Å²) in [6, 6.07) is 3.63. The molecule has 20 heavy (non-hydrogen) atoms. The lowest BCUT2D eigenvalue weighted by Gasteiger charge is -2.12. The van der Waals surface area contributed by atoms with Crippen LogP contribution in [0.5, 0.6) is 0 Å². The zero-order chi connectivity index (χ0) is 14.7. The number of hydrogen-bond donors (Lipinski definition) is 1. The van der Waals surface area contributed by atoms with E-state index < -0.39 is 0 Å².